The van der Waals surface area contributed by atoms with Crippen molar-refractivity contribution in [3.8, 4) is 0 Å². The van der Waals surface area contributed by atoms with E-state index < -0.39 is 27.6 Å². The molecule has 1 N–H and O–H groups in total. The van der Waals surface area contributed by atoms with Crippen LogP contribution in [0.4, 0.5) is 19.1 Å². The Bertz CT molecular complexity index is 1030. The van der Waals surface area contributed by atoms with Crippen molar-refractivity contribution in [1.82, 2.24) is 19.2 Å². The average molecular weight is 522 g/mol. The minimum absolute atomic E-state index is 0.123. The summed E-state index contributed by atoms with van der Waals surface area (Å²) < 4.78 is 58.0. The van der Waals surface area contributed by atoms with Gasteiger partial charge in [-0.25, -0.2) is 27.5 Å². The molecular weight excluding hydrogens is 491 g/mol. The zero-order valence-corrected chi connectivity index (χ0v) is 20.5. The summed E-state index contributed by atoms with van der Waals surface area (Å²) in [6.45, 7) is 7.50. The van der Waals surface area contributed by atoms with Gasteiger partial charge in [-0.05, 0) is 39.2 Å². The highest BCUT2D eigenvalue weighted by Gasteiger charge is 2.65. The zero-order chi connectivity index (χ0) is 26.1. The van der Waals surface area contributed by atoms with Crippen molar-refractivity contribution in [1.29, 1.82) is 0 Å². The molecule has 1 amide bonds. The van der Waals surface area contributed by atoms with E-state index in [-0.39, 0.29) is 17.1 Å². The Balaban J connectivity index is 0.000000429. The Morgan fingerprint density at radius 1 is 1.09 bits per heavy atom. The first-order valence-electron chi connectivity index (χ1n) is 11.4. The van der Waals surface area contributed by atoms with Gasteiger partial charge < -0.3 is 14.9 Å². The van der Waals surface area contributed by atoms with Gasteiger partial charge in [0.15, 0.2) is 0 Å². The zero-order valence-electron chi connectivity index (χ0n) is 19.7. The number of carbonyl (C=O) groups excluding carboxylic acids is 1. The molecule has 10 nitrogen and oxygen atoms in total. The van der Waals surface area contributed by atoms with Crippen molar-refractivity contribution in [2.75, 3.05) is 49.9 Å². The number of anilines is 1. The SMILES string of the molecule is CCN1CCC2(CN(c3ncccn3)CC23CCN(S(=O)(=O)CC)CC3)C1=O.O=C(O)C(F)(F)F. The second kappa shape index (κ2) is 9.88. The fourth-order valence-corrected chi connectivity index (χ4v) is 6.56. The molecule has 4 heterocycles. The maximum absolute atomic E-state index is 13.5. The highest BCUT2D eigenvalue weighted by molar-refractivity contribution is 7.89. The highest BCUT2D eigenvalue weighted by atomic mass is 32.2. The van der Waals surface area contributed by atoms with E-state index in [0.29, 0.717) is 45.0 Å². The summed E-state index contributed by atoms with van der Waals surface area (Å²) in [4.78, 5) is 35.3. The number of likely N-dealkylation sites (tertiary alicyclic amines) is 1. The molecular formula is C21H30F3N5O5S. The van der Waals surface area contributed by atoms with Crippen LogP contribution in [0, 0.1) is 10.8 Å². The molecule has 3 aliphatic rings. The van der Waals surface area contributed by atoms with Crippen molar-refractivity contribution in [2.24, 2.45) is 10.8 Å². The number of hydrogen-bond acceptors (Lipinski definition) is 7. The van der Waals surface area contributed by atoms with Crippen LogP contribution in [-0.2, 0) is 19.6 Å². The van der Waals surface area contributed by atoms with E-state index in [1.165, 1.54) is 0 Å². The summed E-state index contributed by atoms with van der Waals surface area (Å²) in [5, 5.41) is 7.12. The van der Waals surface area contributed by atoms with Crippen LogP contribution < -0.4 is 4.90 Å². The van der Waals surface area contributed by atoms with Crippen LogP contribution >= 0.6 is 0 Å². The number of rotatable bonds is 4. The fourth-order valence-electron chi connectivity index (χ4n) is 5.45. The molecule has 0 radical (unpaired) electrons. The van der Waals surface area contributed by atoms with E-state index in [1.54, 1.807) is 29.7 Å². The van der Waals surface area contributed by atoms with Gasteiger partial charge in [0.25, 0.3) is 0 Å². The van der Waals surface area contributed by atoms with Gasteiger partial charge in [-0.3, -0.25) is 4.79 Å². The molecule has 1 unspecified atom stereocenters. The smallest absolute Gasteiger partial charge is 0.475 e. The van der Waals surface area contributed by atoms with Crippen molar-refractivity contribution in [2.45, 2.75) is 39.3 Å². The Hall–Kier alpha value is -2.48. The minimum atomic E-state index is -5.08. The standard InChI is InChI=1S/C19H29N5O3S.C2HF3O2/c1-3-22-11-8-19(16(22)25)15-23(17-20-9-5-10-21-17)14-18(19)6-12-24(13-7-18)28(26,27)4-2;3-2(4,5)1(6)7/h5,9-10H,3-4,6-8,11-15H2,1-2H3;(H,6,7). The Morgan fingerprint density at radius 2 is 1.66 bits per heavy atom. The number of nitrogens with zero attached hydrogens (tertiary/aromatic N) is 5. The lowest BCUT2D eigenvalue weighted by Crippen LogP contribution is -2.53. The van der Waals surface area contributed by atoms with Crippen LogP contribution in [0.1, 0.15) is 33.1 Å². The van der Waals surface area contributed by atoms with E-state index in [2.05, 4.69) is 14.9 Å². The average Bonchev–Trinajstić information content (AvgIpc) is 3.32. The monoisotopic (exact) mass is 521 g/mol. The van der Waals surface area contributed by atoms with E-state index >= 15 is 0 Å². The largest absolute Gasteiger partial charge is 0.490 e. The van der Waals surface area contributed by atoms with Crippen molar-refractivity contribution in [3.05, 3.63) is 18.5 Å². The molecule has 4 rings (SSSR count). The van der Waals surface area contributed by atoms with Gasteiger partial charge in [-0.2, -0.15) is 13.2 Å². The number of piperidine rings is 1. The van der Waals surface area contributed by atoms with Gasteiger partial charge in [-0.15, -0.1) is 0 Å². The fraction of sp³-hybridized carbons (Fsp3) is 0.714. The van der Waals surface area contributed by atoms with Gasteiger partial charge in [0.1, 0.15) is 0 Å². The van der Waals surface area contributed by atoms with Crippen LogP contribution in [0.5, 0.6) is 0 Å². The minimum Gasteiger partial charge on any atom is -0.475 e. The van der Waals surface area contributed by atoms with Gasteiger partial charge in [0.2, 0.25) is 21.9 Å². The molecule has 1 aromatic heterocycles. The lowest BCUT2D eigenvalue weighted by Gasteiger charge is -2.46. The highest BCUT2D eigenvalue weighted by Crippen LogP contribution is 2.58. The van der Waals surface area contributed by atoms with Crippen LogP contribution in [0.2, 0.25) is 0 Å². The number of carboxylic acid groups (broad SMARTS) is 1. The molecule has 0 bridgehead atoms. The summed E-state index contributed by atoms with van der Waals surface area (Å²) in [5.41, 5.74) is -0.697. The van der Waals surface area contributed by atoms with E-state index in [0.717, 1.165) is 19.5 Å². The lowest BCUT2D eigenvalue weighted by atomic mass is 9.60. The molecule has 0 saturated carbocycles. The predicted octanol–water partition coefficient (Wildman–Crippen LogP) is 1.60. The van der Waals surface area contributed by atoms with Crippen LogP contribution in [0.25, 0.3) is 0 Å². The molecule has 35 heavy (non-hydrogen) atoms. The van der Waals surface area contributed by atoms with Crippen LogP contribution in [0.15, 0.2) is 18.5 Å². The maximum atomic E-state index is 13.5. The first kappa shape index (κ1) is 27.1. The summed E-state index contributed by atoms with van der Waals surface area (Å²) >= 11 is 0. The second-order valence-electron chi connectivity index (χ2n) is 9.00. The van der Waals surface area contributed by atoms with E-state index in [9.17, 15) is 26.4 Å². The number of hydrogen-bond donors (Lipinski definition) is 1. The van der Waals surface area contributed by atoms with Crippen molar-refractivity contribution < 1.29 is 36.3 Å². The molecule has 3 aliphatic heterocycles. The molecule has 3 saturated heterocycles. The summed E-state index contributed by atoms with van der Waals surface area (Å²) in [6, 6.07) is 1.79. The van der Waals surface area contributed by atoms with Crippen LogP contribution in [-0.4, -0.2) is 95.8 Å². The molecule has 0 aromatic carbocycles. The predicted molar refractivity (Wildman–Crippen MR) is 120 cm³/mol. The molecule has 14 heteroatoms. The summed E-state index contributed by atoms with van der Waals surface area (Å²) in [5.74, 6) is -1.75. The third-order valence-electron chi connectivity index (χ3n) is 7.37. The Kier molecular flexibility index (Phi) is 7.65. The van der Waals surface area contributed by atoms with Crippen molar-refractivity contribution in [3.63, 3.8) is 0 Å². The number of aliphatic carboxylic acids is 1. The molecule has 0 aliphatic carbocycles. The number of fused-ring (bicyclic) bond motifs is 1. The number of aromatic nitrogens is 2. The maximum Gasteiger partial charge on any atom is 0.490 e. The second-order valence-corrected chi connectivity index (χ2v) is 11.3. The quantitative estimate of drug-likeness (QED) is 0.634. The lowest BCUT2D eigenvalue weighted by molar-refractivity contribution is -0.192. The normalized spacial score (nSPS) is 24.7. The summed E-state index contributed by atoms with van der Waals surface area (Å²) in [7, 11) is -3.20. The molecule has 196 valence electrons. The van der Waals surface area contributed by atoms with Crippen molar-refractivity contribution >= 4 is 27.8 Å². The summed E-state index contributed by atoms with van der Waals surface area (Å²) in [6.07, 6.45) is 0.609. The number of carboxylic acids is 1. The number of halogens is 3. The molecule has 1 atom stereocenters. The third-order valence-corrected chi connectivity index (χ3v) is 9.25. The molecule has 1 aromatic rings. The molecule has 2 spiro atoms. The van der Waals surface area contributed by atoms with Gasteiger partial charge in [-0.1, -0.05) is 0 Å². The first-order chi connectivity index (χ1) is 16.3. The Morgan fingerprint density at radius 3 is 2.11 bits per heavy atom. The number of carbonyl (C=O) groups is 2. The van der Waals surface area contributed by atoms with Gasteiger partial charge >= 0.3 is 12.1 Å². The first-order valence-corrected chi connectivity index (χ1v) is 13.0. The molecule has 3 fully saturated rings. The van der Waals surface area contributed by atoms with Gasteiger partial charge in [0.05, 0.1) is 11.2 Å². The van der Waals surface area contributed by atoms with Crippen LogP contribution in [0.3, 0.4) is 0 Å². The third kappa shape index (κ3) is 5.08. The van der Waals surface area contributed by atoms with Gasteiger partial charge in [0, 0.05) is 57.1 Å². The topological polar surface area (TPSA) is 124 Å². The Labute approximate surface area is 202 Å². The van der Waals surface area contributed by atoms with E-state index in [1.807, 2.05) is 11.8 Å². The number of amides is 1. The number of alkyl halides is 3. The van der Waals surface area contributed by atoms with E-state index in [4.69, 9.17) is 9.90 Å². The number of sulfonamides is 1.